The van der Waals surface area contributed by atoms with Crippen LogP contribution in [-0.2, 0) is 0 Å². The van der Waals surface area contributed by atoms with Gasteiger partial charge in [-0.2, -0.15) is 0 Å². The van der Waals surface area contributed by atoms with Crippen LogP contribution >= 0.6 is 11.3 Å². The van der Waals surface area contributed by atoms with Crippen LogP contribution in [0.2, 0.25) is 0 Å². The van der Waals surface area contributed by atoms with Gasteiger partial charge in [0.05, 0.1) is 11.2 Å². The third kappa shape index (κ3) is 1.96. The summed E-state index contributed by atoms with van der Waals surface area (Å²) in [5, 5.41) is 1.94. The third-order valence-corrected chi connectivity index (χ3v) is 5.11. The molecule has 0 unspecified atom stereocenters. The first kappa shape index (κ1) is 12.6. The smallest absolute Gasteiger partial charge is 0.266 e. The number of nitrogens with zero attached hydrogens (tertiary/aromatic N) is 2. The fraction of sp³-hybridized carbons (Fsp3) is 0.250. The maximum atomic E-state index is 12.6. The lowest BCUT2D eigenvalue weighted by Crippen LogP contribution is -2.27. The van der Waals surface area contributed by atoms with E-state index in [1.54, 1.807) is 0 Å². The highest BCUT2D eigenvalue weighted by atomic mass is 32.1. The average Bonchev–Trinajstić information content (AvgIpc) is 3.14. The number of aromatic nitrogens is 1. The number of nitrogens with two attached hydrogens (primary N) is 1. The Morgan fingerprint density at radius 2 is 2.00 bits per heavy atom. The van der Waals surface area contributed by atoms with Crippen LogP contribution in [0.4, 0.5) is 5.69 Å². The van der Waals surface area contributed by atoms with E-state index in [-0.39, 0.29) is 5.91 Å². The Morgan fingerprint density at radius 3 is 2.81 bits per heavy atom. The van der Waals surface area contributed by atoms with E-state index in [4.69, 9.17) is 5.73 Å². The summed E-state index contributed by atoms with van der Waals surface area (Å²) in [4.78, 5) is 20.6. The predicted octanol–water partition coefficient (Wildman–Crippen LogP) is 3.27. The second-order valence-corrected chi connectivity index (χ2v) is 6.38. The molecular weight excluding hydrogens is 282 g/mol. The van der Waals surface area contributed by atoms with Crippen molar-refractivity contribution in [3.05, 3.63) is 35.2 Å². The molecule has 2 N–H and O–H groups in total. The highest BCUT2D eigenvalue weighted by Crippen LogP contribution is 2.35. The van der Waals surface area contributed by atoms with Crippen LogP contribution in [0.3, 0.4) is 0 Å². The molecule has 2 aromatic heterocycles. The molecule has 1 fully saturated rings. The van der Waals surface area contributed by atoms with Gasteiger partial charge in [0.25, 0.3) is 5.91 Å². The highest BCUT2D eigenvalue weighted by molar-refractivity contribution is 7.21. The zero-order valence-electron chi connectivity index (χ0n) is 11.5. The van der Waals surface area contributed by atoms with Gasteiger partial charge < -0.3 is 10.6 Å². The average molecular weight is 297 g/mol. The van der Waals surface area contributed by atoms with Crippen molar-refractivity contribution in [2.75, 3.05) is 18.8 Å². The number of amides is 1. The quantitative estimate of drug-likeness (QED) is 0.750. The summed E-state index contributed by atoms with van der Waals surface area (Å²) < 4.78 is 0. The van der Waals surface area contributed by atoms with E-state index in [0.717, 1.165) is 47.1 Å². The number of carbonyl (C=O) groups is 1. The summed E-state index contributed by atoms with van der Waals surface area (Å²) in [7, 11) is 0. The van der Waals surface area contributed by atoms with Gasteiger partial charge in [-0.05, 0) is 25.0 Å². The summed E-state index contributed by atoms with van der Waals surface area (Å²) in [5.41, 5.74) is 7.73. The molecule has 0 atom stereocenters. The molecule has 1 aliphatic heterocycles. The molecule has 1 aromatic carbocycles. The second kappa shape index (κ2) is 4.70. The number of carbonyl (C=O) groups excluding carboxylic acids is 1. The molecule has 0 aliphatic carbocycles. The number of thiophene rings is 1. The monoisotopic (exact) mass is 297 g/mol. The number of rotatable bonds is 1. The zero-order valence-corrected chi connectivity index (χ0v) is 12.3. The number of hydrogen-bond donors (Lipinski definition) is 1. The van der Waals surface area contributed by atoms with Crippen LogP contribution in [0.1, 0.15) is 22.5 Å². The SMILES string of the molecule is Nc1c(C(=O)N2CCCC2)sc2nc3ccccc3cc12. The lowest BCUT2D eigenvalue weighted by molar-refractivity contribution is 0.0798. The molecule has 1 amide bonds. The van der Waals surface area contributed by atoms with Gasteiger partial charge in [0.2, 0.25) is 0 Å². The molecule has 106 valence electrons. The fourth-order valence-corrected chi connectivity index (χ4v) is 3.92. The van der Waals surface area contributed by atoms with Gasteiger partial charge in [0, 0.05) is 23.9 Å². The number of nitrogen functional groups attached to an aromatic ring is 1. The normalized spacial score (nSPS) is 15.1. The molecule has 3 heterocycles. The number of fused-ring (bicyclic) bond motifs is 2. The molecule has 1 aliphatic rings. The van der Waals surface area contributed by atoms with Crippen LogP contribution < -0.4 is 5.73 Å². The van der Waals surface area contributed by atoms with Crippen LogP contribution in [0.15, 0.2) is 30.3 Å². The fourth-order valence-electron chi connectivity index (χ4n) is 2.87. The van der Waals surface area contributed by atoms with E-state index >= 15 is 0 Å². The maximum Gasteiger partial charge on any atom is 0.266 e. The molecule has 21 heavy (non-hydrogen) atoms. The van der Waals surface area contributed by atoms with E-state index in [9.17, 15) is 4.79 Å². The van der Waals surface area contributed by atoms with Crippen LogP contribution in [0.5, 0.6) is 0 Å². The van der Waals surface area contributed by atoms with Crippen molar-refractivity contribution in [2.45, 2.75) is 12.8 Å². The van der Waals surface area contributed by atoms with E-state index in [2.05, 4.69) is 4.98 Å². The van der Waals surface area contributed by atoms with Gasteiger partial charge in [0.1, 0.15) is 9.71 Å². The minimum atomic E-state index is 0.0528. The molecular formula is C16H15N3OS. The summed E-state index contributed by atoms with van der Waals surface area (Å²) in [6.07, 6.45) is 2.16. The summed E-state index contributed by atoms with van der Waals surface area (Å²) in [6.45, 7) is 1.67. The maximum absolute atomic E-state index is 12.6. The minimum Gasteiger partial charge on any atom is -0.397 e. The van der Waals surface area contributed by atoms with E-state index in [1.807, 2.05) is 35.2 Å². The van der Waals surface area contributed by atoms with Crippen LogP contribution in [0.25, 0.3) is 21.1 Å². The molecule has 1 saturated heterocycles. The third-order valence-electron chi connectivity index (χ3n) is 4.01. The summed E-state index contributed by atoms with van der Waals surface area (Å²) in [6, 6.07) is 9.97. The molecule has 4 rings (SSSR count). The first-order chi connectivity index (χ1) is 10.2. The molecule has 0 spiro atoms. The molecule has 0 saturated carbocycles. The Kier molecular flexibility index (Phi) is 2.82. The first-order valence-electron chi connectivity index (χ1n) is 7.11. The van der Waals surface area contributed by atoms with Gasteiger partial charge in [-0.15, -0.1) is 11.3 Å². The Hall–Kier alpha value is -2.14. The van der Waals surface area contributed by atoms with Gasteiger partial charge in [-0.3, -0.25) is 4.79 Å². The topological polar surface area (TPSA) is 59.2 Å². The highest BCUT2D eigenvalue weighted by Gasteiger charge is 2.24. The summed E-state index contributed by atoms with van der Waals surface area (Å²) in [5.74, 6) is 0.0528. The molecule has 0 bridgehead atoms. The predicted molar refractivity (Wildman–Crippen MR) is 86.7 cm³/mol. The van der Waals surface area contributed by atoms with E-state index in [0.29, 0.717) is 10.6 Å². The van der Waals surface area contributed by atoms with Gasteiger partial charge >= 0.3 is 0 Å². The number of anilines is 1. The van der Waals surface area contributed by atoms with Gasteiger partial charge in [0.15, 0.2) is 0 Å². The van der Waals surface area contributed by atoms with Crippen LogP contribution in [-0.4, -0.2) is 28.9 Å². The van der Waals surface area contributed by atoms with Crippen molar-refractivity contribution >= 4 is 44.1 Å². The second-order valence-electron chi connectivity index (χ2n) is 5.38. The Bertz CT molecular complexity index is 849. The van der Waals surface area contributed by atoms with Gasteiger partial charge in [-0.1, -0.05) is 18.2 Å². The van der Waals surface area contributed by atoms with Crippen molar-refractivity contribution < 1.29 is 4.79 Å². The number of benzene rings is 1. The Balaban J connectivity index is 1.88. The van der Waals surface area contributed by atoms with Crippen molar-refractivity contribution in [2.24, 2.45) is 0 Å². The minimum absolute atomic E-state index is 0.0528. The molecule has 3 aromatic rings. The van der Waals surface area contributed by atoms with Crippen molar-refractivity contribution in [1.82, 2.24) is 9.88 Å². The lowest BCUT2D eigenvalue weighted by Gasteiger charge is -2.13. The Morgan fingerprint density at radius 1 is 1.24 bits per heavy atom. The van der Waals surface area contributed by atoms with Crippen molar-refractivity contribution in [3.63, 3.8) is 0 Å². The van der Waals surface area contributed by atoms with Crippen LogP contribution in [0, 0.1) is 0 Å². The lowest BCUT2D eigenvalue weighted by atomic mass is 10.1. The number of para-hydroxylation sites is 1. The number of likely N-dealkylation sites (tertiary alicyclic amines) is 1. The molecule has 5 heteroatoms. The largest absolute Gasteiger partial charge is 0.397 e. The van der Waals surface area contributed by atoms with Gasteiger partial charge in [-0.25, -0.2) is 4.98 Å². The molecule has 4 nitrogen and oxygen atoms in total. The van der Waals surface area contributed by atoms with Crippen molar-refractivity contribution in [3.8, 4) is 0 Å². The summed E-state index contributed by atoms with van der Waals surface area (Å²) >= 11 is 1.41. The first-order valence-corrected chi connectivity index (χ1v) is 7.93. The van der Waals surface area contributed by atoms with Crippen molar-refractivity contribution in [1.29, 1.82) is 0 Å². The molecule has 0 radical (unpaired) electrons. The number of pyridine rings is 1. The standard InChI is InChI=1S/C16H15N3OS/c17-13-11-9-10-5-1-2-6-12(10)18-15(11)21-14(13)16(20)19-7-3-4-8-19/h1-2,5-6,9H,3-4,7-8,17H2. The van der Waals surface area contributed by atoms with E-state index < -0.39 is 0 Å². The van der Waals surface area contributed by atoms with E-state index in [1.165, 1.54) is 11.3 Å². The zero-order chi connectivity index (χ0) is 14.4. The number of hydrogen-bond acceptors (Lipinski definition) is 4. The Labute approximate surface area is 126 Å².